The van der Waals surface area contributed by atoms with Crippen molar-refractivity contribution in [2.45, 2.75) is 63.1 Å². The van der Waals surface area contributed by atoms with Gasteiger partial charge in [-0.2, -0.15) is 5.48 Å². The molecule has 5 rings (SSSR count). The fourth-order valence-corrected chi connectivity index (χ4v) is 5.26. The van der Waals surface area contributed by atoms with Gasteiger partial charge in [0.15, 0.2) is 0 Å². The Balaban J connectivity index is 1.15. The van der Waals surface area contributed by atoms with Crippen LogP contribution in [0.5, 0.6) is 0 Å². The zero-order valence-electron chi connectivity index (χ0n) is 15.9. The maximum atomic E-state index is 6.06. The van der Waals surface area contributed by atoms with Gasteiger partial charge in [-0.15, -0.1) is 0 Å². The van der Waals surface area contributed by atoms with Gasteiger partial charge in [-0.25, -0.2) is 0 Å². The molecule has 0 amide bonds. The highest BCUT2D eigenvalue weighted by Gasteiger charge is 2.42. The van der Waals surface area contributed by atoms with Crippen molar-refractivity contribution in [2.75, 3.05) is 45.9 Å². The Morgan fingerprint density at radius 2 is 1.88 bits per heavy atom. The normalized spacial score (nSPS) is 43.2. The van der Waals surface area contributed by atoms with Crippen molar-refractivity contribution in [3.05, 3.63) is 0 Å². The Labute approximate surface area is 157 Å². The number of nitrogens with zero attached hydrogens (tertiary/aromatic N) is 2. The number of nitrogens with one attached hydrogen (secondary N) is 3. The molecule has 4 heterocycles. The van der Waals surface area contributed by atoms with Crippen molar-refractivity contribution in [1.29, 1.82) is 0 Å². The Bertz CT molecular complexity index is 471. The Kier molecular flexibility index (Phi) is 5.47. The van der Waals surface area contributed by atoms with E-state index in [-0.39, 0.29) is 12.4 Å². The van der Waals surface area contributed by atoms with Gasteiger partial charge < -0.3 is 10.1 Å². The van der Waals surface area contributed by atoms with Crippen LogP contribution in [0.25, 0.3) is 0 Å². The van der Waals surface area contributed by atoms with Gasteiger partial charge in [0.25, 0.3) is 0 Å². The molecule has 0 aromatic heterocycles. The van der Waals surface area contributed by atoms with Crippen LogP contribution in [0.4, 0.5) is 0 Å². The molecule has 26 heavy (non-hydrogen) atoms. The summed E-state index contributed by atoms with van der Waals surface area (Å²) < 4.78 is 5.51. The first-order valence-electron chi connectivity index (χ1n) is 10.8. The lowest BCUT2D eigenvalue weighted by Gasteiger charge is -2.41. The first-order valence-corrected chi connectivity index (χ1v) is 10.8. The van der Waals surface area contributed by atoms with E-state index in [1.807, 2.05) is 0 Å². The van der Waals surface area contributed by atoms with Gasteiger partial charge in [0.2, 0.25) is 0 Å². The standard InChI is InChI=1S/C19H35N5O2/c1-2-16(24(7-1)13-14-3-4-14)19-21-18(22-26-19)15-5-6-20-17(12-15)23-8-10-25-11-9-23/h14-22H,1-13H2/t15?,16-,17?,18?,19?/m1/s1. The average Bonchev–Trinajstić information content (AvgIpc) is 3.18. The van der Waals surface area contributed by atoms with Gasteiger partial charge in [0.1, 0.15) is 6.23 Å². The van der Waals surface area contributed by atoms with Crippen LogP contribution in [-0.4, -0.2) is 80.3 Å². The highest BCUT2D eigenvalue weighted by Crippen LogP contribution is 2.34. The van der Waals surface area contributed by atoms with Crippen molar-refractivity contribution < 1.29 is 9.57 Å². The molecule has 4 unspecified atom stereocenters. The van der Waals surface area contributed by atoms with Crippen LogP contribution >= 0.6 is 0 Å². The third-order valence-corrected chi connectivity index (χ3v) is 7.00. The van der Waals surface area contributed by atoms with E-state index in [2.05, 4.69) is 25.9 Å². The van der Waals surface area contributed by atoms with Crippen LogP contribution in [-0.2, 0) is 9.57 Å². The molecular weight excluding hydrogens is 330 g/mol. The summed E-state index contributed by atoms with van der Waals surface area (Å²) in [5.41, 5.74) is 3.36. The fourth-order valence-electron chi connectivity index (χ4n) is 5.26. The number of piperidine rings is 1. The van der Waals surface area contributed by atoms with E-state index in [9.17, 15) is 0 Å². The van der Waals surface area contributed by atoms with E-state index in [1.54, 1.807) is 0 Å². The fraction of sp³-hybridized carbons (Fsp3) is 1.00. The monoisotopic (exact) mass is 365 g/mol. The van der Waals surface area contributed by atoms with Crippen LogP contribution in [0.2, 0.25) is 0 Å². The van der Waals surface area contributed by atoms with E-state index >= 15 is 0 Å². The average molecular weight is 366 g/mol. The van der Waals surface area contributed by atoms with Crippen LogP contribution in [0.1, 0.15) is 38.5 Å². The second-order valence-electron chi connectivity index (χ2n) is 8.85. The molecule has 5 aliphatic rings. The van der Waals surface area contributed by atoms with Crippen molar-refractivity contribution in [1.82, 2.24) is 25.9 Å². The summed E-state index contributed by atoms with van der Waals surface area (Å²) in [5.74, 6) is 1.58. The second kappa shape index (κ2) is 7.99. The summed E-state index contributed by atoms with van der Waals surface area (Å²) in [7, 11) is 0. The number of ether oxygens (including phenoxy) is 1. The molecule has 0 radical (unpaired) electrons. The minimum absolute atomic E-state index is 0.151. The first kappa shape index (κ1) is 17.8. The quantitative estimate of drug-likeness (QED) is 0.648. The maximum absolute atomic E-state index is 6.06. The first-order chi connectivity index (χ1) is 12.9. The lowest BCUT2D eigenvalue weighted by molar-refractivity contribution is -0.0286. The molecule has 0 spiro atoms. The SMILES string of the molecule is C1C[C@H](C2NC(C3CCNC(N4CCOCC4)C3)NO2)N(CC2CC2)C1. The number of likely N-dealkylation sites (tertiary alicyclic amines) is 1. The molecule has 0 aromatic carbocycles. The lowest BCUT2D eigenvalue weighted by atomic mass is 9.92. The molecule has 0 aromatic rings. The van der Waals surface area contributed by atoms with Gasteiger partial charge in [0, 0.05) is 19.6 Å². The number of hydrogen-bond donors (Lipinski definition) is 3. The highest BCUT2D eigenvalue weighted by molar-refractivity contribution is 4.93. The van der Waals surface area contributed by atoms with E-state index in [1.165, 1.54) is 51.6 Å². The van der Waals surface area contributed by atoms with Crippen LogP contribution in [0.15, 0.2) is 0 Å². The van der Waals surface area contributed by atoms with E-state index in [0.717, 1.165) is 38.8 Å². The third-order valence-electron chi connectivity index (χ3n) is 7.00. The topological polar surface area (TPSA) is 61.0 Å². The number of hydroxylamine groups is 1. The Hall–Kier alpha value is -0.280. The third kappa shape index (κ3) is 3.94. The highest BCUT2D eigenvalue weighted by atomic mass is 16.7. The van der Waals surface area contributed by atoms with E-state index in [4.69, 9.17) is 9.57 Å². The zero-order valence-corrected chi connectivity index (χ0v) is 15.9. The van der Waals surface area contributed by atoms with Crippen LogP contribution < -0.4 is 16.1 Å². The summed E-state index contributed by atoms with van der Waals surface area (Å²) in [4.78, 5) is 11.3. The Morgan fingerprint density at radius 1 is 1.00 bits per heavy atom. The Morgan fingerprint density at radius 3 is 2.73 bits per heavy atom. The molecule has 3 N–H and O–H groups in total. The van der Waals surface area contributed by atoms with E-state index in [0.29, 0.717) is 18.1 Å². The van der Waals surface area contributed by atoms with E-state index < -0.39 is 0 Å². The summed E-state index contributed by atoms with van der Waals surface area (Å²) in [6.07, 6.45) is 8.75. The predicted octanol–water partition coefficient (Wildman–Crippen LogP) is 0.295. The number of hydrogen-bond acceptors (Lipinski definition) is 7. The minimum Gasteiger partial charge on any atom is -0.379 e. The number of rotatable bonds is 5. The predicted molar refractivity (Wildman–Crippen MR) is 99.2 cm³/mol. The molecule has 5 fully saturated rings. The van der Waals surface area contributed by atoms with Gasteiger partial charge in [0.05, 0.1) is 31.6 Å². The van der Waals surface area contributed by atoms with Crippen molar-refractivity contribution in [3.63, 3.8) is 0 Å². The molecule has 4 saturated heterocycles. The molecule has 0 bridgehead atoms. The molecule has 1 aliphatic carbocycles. The van der Waals surface area contributed by atoms with Crippen molar-refractivity contribution in [3.8, 4) is 0 Å². The smallest absolute Gasteiger partial charge is 0.146 e. The van der Waals surface area contributed by atoms with Crippen LogP contribution in [0.3, 0.4) is 0 Å². The summed E-state index contributed by atoms with van der Waals surface area (Å²) in [6, 6.07) is 0.546. The van der Waals surface area contributed by atoms with Gasteiger partial charge >= 0.3 is 0 Å². The maximum Gasteiger partial charge on any atom is 0.146 e. The molecular formula is C19H35N5O2. The summed E-state index contributed by atoms with van der Waals surface area (Å²) in [5, 5.41) is 7.51. The summed E-state index contributed by atoms with van der Waals surface area (Å²) in [6.45, 7) is 7.46. The minimum atomic E-state index is 0.151. The molecule has 148 valence electrons. The van der Waals surface area contributed by atoms with Gasteiger partial charge in [-0.3, -0.25) is 20.0 Å². The molecule has 5 atom stereocenters. The van der Waals surface area contributed by atoms with Gasteiger partial charge in [-0.1, -0.05) is 0 Å². The summed E-state index contributed by atoms with van der Waals surface area (Å²) >= 11 is 0. The molecule has 7 nitrogen and oxygen atoms in total. The number of morpholine rings is 1. The second-order valence-corrected chi connectivity index (χ2v) is 8.85. The molecule has 4 aliphatic heterocycles. The largest absolute Gasteiger partial charge is 0.379 e. The van der Waals surface area contributed by atoms with Crippen LogP contribution in [0, 0.1) is 11.8 Å². The molecule has 7 heteroatoms. The lowest BCUT2D eigenvalue weighted by Crippen LogP contribution is -2.57. The van der Waals surface area contributed by atoms with Gasteiger partial charge in [-0.05, 0) is 63.5 Å². The van der Waals surface area contributed by atoms with Crippen molar-refractivity contribution >= 4 is 0 Å². The van der Waals surface area contributed by atoms with Crippen molar-refractivity contribution in [2.24, 2.45) is 11.8 Å². The zero-order chi connectivity index (χ0) is 17.3. The molecule has 1 saturated carbocycles.